The van der Waals surface area contributed by atoms with Gasteiger partial charge in [-0.15, -0.1) is 0 Å². The summed E-state index contributed by atoms with van der Waals surface area (Å²) in [5.41, 5.74) is 20.1. The Morgan fingerprint density at radius 2 is 0.737 bits per heavy atom. The van der Waals surface area contributed by atoms with Crippen LogP contribution in [0.1, 0.15) is 164 Å². The van der Waals surface area contributed by atoms with E-state index in [1.165, 1.54) is 65.4 Å². The minimum absolute atomic E-state index is 0.0551. The third kappa shape index (κ3) is 15.8. The number of benzene rings is 4. The van der Waals surface area contributed by atoms with Gasteiger partial charge in [-0.25, -0.2) is 18.3 Å². The zero-order valence-corrected chi connectivity index (χ0v) is 49.2. The van der Waals surface area contributed by atoms with Crippen LogP contribution in [0.2, 0.25) is 0 Å². The standard InChI is InChI=1S/4C18H24N/c2*1-13(2)10-16-12-19(5)18(11-15(16)4)17-9-7-6-8-14(17)3;2*1-6-15-11-18(16-10-8-7-9-14(16)4)19(5)12-17(15)13(2)3/h2*6-9,11-13H,10H2,1-5H3;2*7-13H,6H2,1-5H3/q4*+1/i10D2;;2D3,6D2,13D;2D3,13D. The first-order valence-corrected chi connectivity index (χ1v) is 26.9. The van der Waals surface area contributed by atoms with E-state index in [-0.39, 0.29) is 17.0 Å². The third-order valence-corrected chi connectivity index (χ3v) is 13.9. The first-order valence-electron chi connectivity index (χ1n) is 32.9. The highest BCUT2D eigenvalue weighted by molar-refractivity contribution is 5.64. The SMILES string of the molecule is Cc1cc(-c2ccccc2C)[n+](C)cc1CC(C)C.[2H]C([2H])(C)c1cc(-c2ccccc2C)[n+](C)cc1C([2H])(C)C([2H])([2H])[2H].[2H]C([2H])([2H])C([2H])(C)c1c[n+](C)c(-c2ccccc2C)cc1CC.[2H]C([2H])(c1c[n+](C)c(-c2ccccc2C)cc1C)C(C)C. The summed E-state index contributed by atoms with van der Waals surface area (Å²) in [7, 11) is 7.82. The molecule has 0 aliphatic rings. The van der Waals surface area contributed by atoms with Crippen molar-refractivity contribution in [3.63, 3.8) is 0 Å². The van der Waals surface area contributed by atoms with Gasteiger partial charge in [0.15, 0.2) is 24.8 Å². The lowest BCUT2D eigenvalue weighted by molar-refractivity contribution is -0.661. The molecule has 8 rings (SSSR count). The molecule has 4 heteroatoms. The molecule has 0 aliphatic carbocycles. The molecule has 0 bridgehead atoms. The van der Waals surface area contributed by atoms with E-state index < -0.39 is 38.2 Å². The summed E-state index contributed by atoms with van der Waals surface area (Å²) in [4.78, 5) is 0. The van der Waals surface area contributed by atoms with E-state index in [9.17, 15) is 0 Å². The second-order valence-electron chi connectivity index (χ2n) is 21.2. The summed E-state index contributed by atoms with van der Waals surface area (Å²) >= 11 is 0. The Labute approximate surface area is 479 Å². The number of hydrogen-bond acceptors (Lipinski definition) is 0. The number of hydrogen-bond donors (Lipinski definition) is 0. The molecular formula is C72H96N4+4. The van der Waals surface area contributed by atoms with Gasteiger partial charge in [0.2, 0.25) is 22.8 Å². The molecule has 0 amide bonds. The van der Waals surface area contributed by atoms with Crippen LogP contribution in [0.4, 0.5) is 0 Å². The van der Waals surface area contributed by atoms with Crippen LogP contribution >= 0.6 is 0 Å². The van der Waals surface area contributed by atoms with Crippen molar-refractivity contribution in [1.82, 2.24) is 0 Å². The van der Waals surface area contributed by atoms with E-state index in [0.29, 0.717) is 17.9 Å². The molecule has 0 N–H and O–H groups in total. The minimum Gasteiger partial charge on any atom is -0.201 e. The van der Waals surface area contributed by atoms with Gasteiger partial charge in [-0.2, -0.15) is 0 Å². The van der Waals surface area contributed by atoms with Crippen molar-refractivity contribution < 1.29 is 34.7 Å². The maximum Gasteiger partial charge on any atom is 0.212 e. The molecule has 4 aromatic carbocycles. The largest absolute Gasteiger partial charge is 0.212 e. The van der Waals surface area contributed by atoms with E-state index in [1.54, 1.807) is 30.1 Å². The van der Waals surface area contributed by atoms with E-state index in [4.69, 9.17) is 16.4 Å². The predicted octanol–water partition coefficient (Wildman–Crippen LogP) is 16.3. The molecule has 2 unspecified atom stereocenters. The van der Waals surface area contributed by atoms with E-state index in [1.807, 2.05) is 119 Å². The lowest BCUT2D eigenvalue weighted by Crippen LogP contribution is -2.32. The van der Waals surface area contributed by atoms with Gasteiger partial charge in [-0.1, -0.05) is 142 Å². The zero-order valence-electron chi connectivity index (χ0n) is 61.2. The summed E-state index contributed by atoms with van der Waals surface area (Å²) < 4.78 is 104. The van der Waals surface area contributed by atoms with Gasteiger partial charge in [0, 0.05) is 85.2 Å². The van der Waals surface area contributed by atoms with Crippen LogP contribution in [0.25, 0.3) is 45.0 Å². The molecule has 8 aromatic rings. The summed E-state index contributed by atoms with van der Waals surface area (Å²) in [5, 5.41) is 0. The maximum absolute atomic E-state index is 8.41. The Morgan fingerprint density at radius 3 is 1.08 bits per heavy atom. The molecule has 2 atom stereocenters. The summed E-state index contributed by atoms with van der Waals surface area (Å²) in [5.74, 6) is -2.89. The molecule has 0 aliphatic heterocycles. The Bertz CT molecular complexity index is 3720. The van der Waals surface area contributed by atoms with Crippen molar-refractivity contribution in [1.29, 1.82) is 0 Å². The first kappa shape index (κ1) is 44.6. The van der Waals surface area contributed by atoms with Crippen molar-refractivity contribution in [3.05, 3.63) is 213 Å². The molecule has 0 radical (unpaired) electrons. The molecule has 0 saturated heterocycles. The first-order chi connectivity index (χ1) is 40.6. The molecular weight excluding hydrogens is 921 g/mol. The second kappa shape index (κ2) is 28.0. The predicted molar refractivity (Wildman–Crippen MR) is 325 cm³/mol. The van der Waals surface area contributed by atoms with Gasteiger partial charge in [0.1, 0.15) is 28.2 Å². The fourth-order valence-electron chi connectivity index (χ4n) is 9.66. The van der Waals surface area contributed by atoms with Crippen LogP contribution in [0, 0.1) is 53.4 Å². The third-order valence-electron chi connectivity index (χ3n) is 13.9. The Balaban J connectivity index is 0.000000215. The molecule has 0 fully saturated rings. The van der Waals surface area contributed by atoms with Gasteiger partial charge in [-0.3, -0.25) is 0 Å². The van der Waals surface area contributed by atoms with Gasteiger partial charge < -0.3 is 0 Å². The number of pyridine rings is 4. The fraction of sp³-hybridized carbons (Fsp3) is 0.389. The normalized spacial score (nSPS) is 15.6. The molecule has 400 valence electrons. The zero-order chi connectivity index (χ0) is 66.4. The highest BCUT2D eigenvalue weighted by Gasteiger charge is 2.21. The topological polar surface area (TPSA) is 15.5 Å². The van der Waals surface area contributed by atoms with E-state index in [0.717, 1.165) is 56.9 Å². The smallest absolute Gasteiger partial charge is 0.201 e. The molecule has 0 spiro atoms. The van der Waals surface area contributed by atoms with Gasteiger partial charge in [0.05, 0.1) is 0 Å². The van der Waals surface area contributed by atoms with Crippen LogP contribution in [-0.2, 0) is 53.8 Å². The Hall–Kier alpha value is -6.52. The average Bonchev–Trinajstić information content (AvgIpc) is 0.828. The number of rotatable bonds is 12. The van der Waals surface area contributed by atoms with Gasteiger partial charge in [-0.05, 0) is 160 Å². The van der Waals surface area contributed by atoms with Crippen LogP contribution in [0.5, 0.6) is 0 Å². The maximum atomic E-state index is 8.41. The summed E-state index contributed by atoms with van der Waals surface area (Å²) in [6, 6.07) is 40.9. The highest BCUT2D eigenvalue weighted by atomic mass is 14.9. The van der Waals surface area contributed by atoms with Crippen molar-refractivity contribution >= 4 is 0 Å². The van der Waals surface area contributed by atoms with Gasteiger partial charge >= 0.3 is 0 Å². The lowest BCUT2D eigenvalue weighted by atomic mass is 9.95. The lowest BCUT2D eigenvalue weighted by Gasteiger charge is -2.12. The van der Waals surface area contributed by atoms with E-state index in [2.05, 4.69) is 120 Å². The minimum atomic E-state index is -2.57. The van der Waals surface area contributed by atoms with Crippen LogP contribution < -0.4 is 18.3 Å². The highest BCUT2D eigenvalue weighted by Crippen LogP contribution is 2.28. The molecule has 76 heavy (non-hydrogen) atoms. The number of aromatic nitrogens is 4. The fourth-order valence-corrected chi connectivity index (χ4v) is 9.66. The molecule has 4 nitrogen and oxygen atoms in total. The van der Waals surface area contributed by atoms with Crippen LogP contribution in [0.15, 0.2) is 146 Å². The number of aryl methyl sites for hydroxylation is 12. The number of nitrogens with zero attached hydrogens (tertiary/aromatic N) is 4. The Kier molecular flexibility index (Phi) is 16.4. The van der Waals surface area contributed by atoms with Crippen molar-refractivity contribution in [2.75, 3.05) is 0 Å². The average molecular weight is 1030 g/mol. The van der Waals surface area contributed by atoms with E-state index >= 15 is 0 Å². The Morgan fingerprint density at radius 1 is 0.408 bits per heavy atom. The molecule has 4 aromatic heterocycles. The summed E-state index contributed by atoms with van der Waals surface area (Å²) in [6.45, 7) is 22.2. The van der Waals surface area contributed by atoms with Crippen molar-refractivity contribution in [2.24, 2.45) is 40.0 Å². The molecule has 4 heterocycles. The second-order valence-corrected chi connectivity index (χ2v) is 21.2. The van der Waals surface area contributed by atoms with Gasteiger partial charge in [0.25, 0.3) is 0 Å². The van der Waals surface area contributed by atoms with Crippen molar-refractivity contribution in [2.45, 2.75) is 148 Å². The van der Waals surface area contributed by atoms with Crippen molar-refractivity contribution in [3.8, 4) is 45.0 Å². The van der Waals surface area contributed by atoms with Crippen LogP contribution in [0.3, 0.4) is 0 Å². The molecule has 0 saturated carbocycles. The quantitative estimate of drug-likeness (QED) is 0.108. The summed E-state index contributed by atoms with van der Waals surface area (Å²) in [6.07, 6.45) is 6.38. The van der Waals surface area contributed by atoms with Crippen LogP contribution in [-0.4, -0.2) is 0 Å². The monoisotopic (exact) mass is 1030 g/mol.